The molecule has 1 aromatic carbocycles. The molecular formula is C31H44N8O3. The number of morpholine rings is 1. The molecule has 0 bridgehead atoms. The molecule has 0 radical (unpaired) electrons. The lowest BCUT2D eigenvalue weighted by Crippen LogP contribution is -2.37. The average Bonchev–Trinajstić information content (AvgIpc) is 3.03. The third-order valence-corrected chi connectivity index (χ3v) is 7.39. The van der Waals surface area contributed by atoms with Gasteiger partial charge in [0, 0.05) is 56.4 Å². The summed E-state index contributed by atoms with van der Waals surface area (Å²) < 4.78 is 10.8. The molecule has 5 heterocycles. The summed E-state index contributed by atoms with van der Waals surface area (Å²) in [5.74, 6) is 1.31. The van der Waals surface area contributed by atoms with E-state index in [0.717, 1.165) is 87.1 Å². The van der Waals surface area contributed by atoms with Gasteiger partial charge < -0.3 is 35.1 Å². The van der Waals surface area contributed by atoms with Crippen molar-refractivity contribution in [2.75, 3.05) is 80.4 Å². The highest BCUT2D eigenvalue weighted by atomic mass is 16.5. The molecule has 1 fully saturated rings. The summed E-state index contributed by atoms with van der Waals surface area (Å²) in [7, 11) is 1.93. The van der Waals surface area contributed by atoms with Gasteiger partial charge in [-0.25, -0.2) is 15.0 Å². The van der Waals surface area contributed by atoms with Gasteiger partial charge in [0.15, 0.2) is 0 Å². The second kappa shape index (κ2) is 15.3. The van der Waals surface area contributed by atoms with Crippen molar-refractivity contribution in [3.8, 4) is 5.88 Å². The number of rotatable bonds is 6. The molecule has 3 N–H and O–H groups in total. The van der Waals surface area contributed by atoms with Crippen LogP contribution in [-0.4, -0.2) is 85.7 Å². The van der Waals surface area contributed by atoms with Crippen molar-refractivity contribution >= 4 is 35.0 Å². The summed E-state index contributed by atoms with van der Waals surface area (Å²) in [5.41, 5.74) is 8.80. The van der Waals surface area contributed by atoms with E-state index in [1.807, 2.05) is 39.4 Å². The van der Waals surface area contributed by atoms with Gasteiger partial charge in [-0.3, -0.25) is 4.90 Å². The van der Waals surface area contributed by atoms with E-state index in [0.29, 0.717) is 25.0 Å². The average molecular weight is 577 g/mol. The van der Waals surface area contributed by atoms with Gasteiger partial charge in [0.25, 0.3) is 0 Å². The molecule has 3 aliphatic heterocycles. The highest BCUT2D eigenvalue weighted by Crippen LogP contribution is 2.36. The van der Waals surface area contributed by atoms with Crippen molar-refractivity contribution in [2.45, 2.75) is 40.7 Å². The van der Waals surface area contributed by atoms with Crippen LogP contribution in [0.2, 0.25) is 0 Å². The maximum Gasteiger partial charge on any atom is 0.237 e. The lowest BCUT2D eigenvalue weighted by Gasteiger charge is -2.32. The zero-order valence-electron chi connectivity index (χ0n) is 25.5. The van der Waals surface area contributed by atoms with Crippen LogP contribution in [0.1, 0.15) is 36.2 Å². The van der Waals surface area contributed by atoms with Crippen LogP contribution in [-0.2, 0) is 22.5 Å². The monoisotopic (exact) mass is 576 g/mol. The van der Waals surface area contributed by atoms with Crippen molar-refractivity contribution in [3.63, 3.8) is 0 Å². The number of carbonyl (C=O) groups excluding carboxylic acids is 1. The molecule has 3 aliphatic rings. The minimum absolute atomic E-state index is 0.559. The molecule has 0 aliphatic carbocycles. The maximum atomic E-state index is 9.99. The third-order valence-electron chi connectivity index (χ3n) is 7.39. The predicted molar refractivity (Wildman–Crippen MR) is 168 cm³/mol. The molecule has 1 saturated heterocycles. The first kappa shape index (κ1) is 31.0. The van der Waals surface area contributed by atoms with Gasteiger partial charge in [-0.05, 0) is 49.6 Å². The van der Waals surface area contributed by atoms with Gasteiger partial charge in [0.1, 0.15) is 18.6 Å². The van der Waals surface area contributed by atoms with Crippen LogP contribution >= 0.6 is 0 Å². The molecule has 6 rings (SSSR count). The number of hydrogen-bond acceptors (Lipinski definition) is 11. The van der Waals surface area contributed by atoms with Crippen LogP contribution in [0, 0.1) is 13.8 Å². The maximum absolute atomic E-state index is 9.99. The van der Waals surface area contributed by atoms with Crippen molar-refractivity contribution in [1.82, 2.24) is 19.9 Å². The van der Waals surface area contributed by atoms with E-state index in [4.69, 9.17) is 14.5 Å². The van der Waals surface area contributed by atoms with Crippen molar-refractivity contribution in [2.24, 2.45) is 0 Å². The number of aromatic nitrogens is 3. The molecule has 42 heavy (non-hydrogen) atoms. The van der Waals surface area contributed by atoms with E-state index >= 15 is 0 Å². The Kier molecular flexibility index (Phi) is 11.3. The number of pyridine rings is 1. The first-order valence-electron chi connectivity index (χ1n) is 14.8. The van der Waals surface area contributed by atoms with E-state index in [1.165, 1.54) is 16.7 Å². The normalized spacial score (nSPS) is 15.7. The summed E-state index contributed by atoms with van der Waals surface area (Å²) in [6.07, 6.45) is 5.71. The molecule has 0 spiro atoms. The van der Waals surface area contributed by atoms with E-state index in [1.54, 1.807) is 0 Å². The van der Waals surface area contributed by atoms with Crippen LogP contribution in [0.5, 0.6) is 5.88 Å². The molecule has 0 unspecified atom stereocenters. The molecule has 3 aromatic rings. The standard InChI is InChI=1S/C23H27N7O.C6H11NO2.C2H6/c1-14-10-17(4-5-18(14)24-3)28-23-27-11-16-6-8-30(13-19(16)29-23)20-12-26-22-21(15(20)2)25-7-9-31-22;8-4-1-7-2-5-9-6-3-7;1-2/h4-5,10-12,24-25H,6-9,13H2,1-3H3,(H,27,28,29);4H,1-3,5-6H2;1-2H3. The molecule has 0 amide bonds. The van der Waals surface area contributed by atoms with Crippen molar-refractivity contribution in [1.29, 1.82) is 0 Å². The Labute approximate surface area is 249 Å². The van der Waals surface area contributed by atoms with Crippen LogP contribution in [0.4, 0.5) is 28.7 Å². The fourth-order valence-electron chi connectivity index (χ4n) is 5.14. The number of nitrogens with one attached hydrogen (secondary N) is 3. The van der Waals surface area contributed by atoms with Gasteiger partial charge in [-0.1, -0.05) is 13.8 Å². The molecular weight excluding hydrogens is 532 g/mol. The van der Waals surface area contributed by atoms with Crippen LogP contribution < -0.4 is 25.6 Å². The summed E-state index contributed by atoms with van der Waals surface area (Å²) in [4.78, 5) is 28.3. The predicted octanol–water partition coefficient (Wildman–Crippen LogP) is 4.18. The summed E-state index contributed by atoms with van der Waals surface area (Å²) in [6, 6.07) is 6.19. The van der Waals surface area contributed by atoms with E-state index < -0.39 is 0 Å². The Balaban J connectivity index is 0.000000313. The van der Waals surface area contributed by atoms with E-state index in [-0.39, 0.29) is 0 Å². The number of benzene rings is 1. The highest BCUT2D eigenvalue weighted by Gasteiger charge is 2.24. The fourth-order valence-corrected chi connectivity index (χ4v) is 5.14. The fraction of sp³-hybridized carbons (Fsp3) is 0.484. The number of aryl methyl sites for hydroxylation is 1. The third kappa shape index (κ3) is 7.65. The van der Waals surface area contributed by atoms with Gasteiger partial charge in [0.2, 0.25) is 11.8 Å². The largest absolute Gasteiger partial charge is 0.474 e. The lowest BCUT2D eigenvalue weighted by molar-refractivity contribution is -0.109. The highest BCUT2D eigenvalue weighted by molar-refractivity contribution is 5.70. The molecule has 11 heteroatoms. The van der Waals surface area contributed by atoms with Crippen LogP contribution in [0.3, 0.4) is 0 Å². The zero-order valence-corrected chi connectivity index (χ0v) is 25.5. The topological polar surface area (TPSA) is 117 Å². The molecule has 0 saturated carbocycles. The summed E-state index contributed by atoms with van der Waals surface area (Å²) >= 11 is 0. The van der Waals surface area contributed by atoms with Crippen LogP contribution in [0.15, 0.2) is 30.6 Å². The quantitative estimate of drug-likeness (QED) is 0.367. The van der Waals surface area contributed by atoms with Crippen LogP contribution in [0.25, 0.3) is 0 Å². The minimum Gasteiger partial charge on any atom is -0.474 e. The lowest BCUT2D eigenvalue weighted by atomic mass is 10.0. The van der Waals surface area contributed by atoms with E-state index in [9.17, 15) is 4.79 Å². The molecule has 11 nitrogen and oxygen atoms in total. The number of hydrogen-bond donors (Lipinski definition) is 3. The number of fused-ring (bicyclic) bond motifs is 2. The Hall–Kier alpha value is -3.96. The Bertz CT molecular complexity index is 1330. The number of nitrogens with zero attached hydrogens (tertiary/aromatic N) is 5. The SMILES string of the molecule is CC.CNc1ccc(Nc2ncc3c(n2)CN(c2cnc4c(c2C)NCCO4)CC3)cc1C.O=CCN1CCOCC1. The Morgan fingerprint density at radius 2 is 1.88 bits per heavy atom. The summed E-state index contributed by atoms with van der Waals surface area (Å²) in [6.45, 7) is 15.2. The number of ether oxygens (including phenoxy) is 2. The van der Waals surface area contributed by atoms with Gasteiger partial charge in [-0.15, -0.1) is 0 Å². The van der Waals surface area contributed by atoms with Gasteiger partial charge in [-0.2, -0.15) is 0 Å². The Morgan fingerprint density at radius 3 is 2.62 bits per heavy atom. The second-order valence-electron chi connectivity index (χ2n) is 10.0. The second-order valence-corrected chi connectivity index (χ2v) is 10.0. The number of anilines is 5. The Morgan fingerprint density at radius 1 is 1.07 bits per heavy atom. The smallest absolute Gasteiger partial charge is 0.237 e. The number of aldehydes is 1. The zero-order chi connectivity index (χ0) is 29.9. The van der Waals surface area contributed by atoms with Crippen molar-refractivity contribution < 1.29 is 14.3 Å². The molecule has 2 aromatic heterocycles. The van der Waals surface area contributed by atoms with Crippen molar-refractivity contribution in [3.05, 3.63) is 53.0 Å². The first-order chi connectivity index (χ1) is 20.6. The first-order valence-corrected chi connectivity index (χ1v) is 14.8. The molecule has 226 valence electrons. The molecule has 0 atom stereocenters. The van der Waals surface area contributed by atoms with Gasteiger partial charge >= 0.3 is 0 Å². The summed E-state index contributed by atoms with van der Waals surface area (Å²) in [5, 5.41) is 9.96. The minimum atomic E-state index is 0.559. The van der Waals surface area contributed by atoms with Gasteiger partial charge in [0.05, 0.1) is 43.9 Å². The van der Waals surface area contributed by atoms with E-state index in [2.05, 4.69) is 61.7 Å². The number of carbonyl (C=O) groups is 1.